The largest absolute Gasteiger partial charge is 0.228 e. The van der Waals surface area contributed by atoms with E-state index in [2.05, 4.69) is 36.8 Å². The number of rotatable bonds is 0. The highest BCUT2D eigenvalue weighted by Crippen LogP contribution is 2.23. The van der Waals surface area contributed by atoms with E-state index in [-0.39, 0.29) is 0 Å². The average molecular weight is 255 g/mol. The SMILES string of the molecule is Fc1nccc(Br)c1Br. The van der Waals surface area contributed by atoms with Gasteiger partial charge in [-0.3, -0.25) is 0 Å². The van der Waals surface area contributed by atoms with Crippen LogP contribution in [-0.2, 0) is 0 Å². The highest BCUT2D eigenvalue weighted by atomic mass is 79.9. The van der Waals surface area contributed by atoms with Gasteiger partial charge in [0.2, 0.25) is 5.95 Å². The summed E-state index contributed by atoms with van der Waals surface area (Å²) in [7, 11) is 0. The molecule has 0 aliphatic heterocycles. The van der Waals surface area contributed by atoms with Gasteiger partial charge in [-0.2, -0.15) is 4.39 Å². The van der Waals surface area contributed by atoms with Gasteiger partial charge in [-0.1, -0.05) is 0 Å². The molecule has 0 aromatic carbocycles. The zero-order valence-electron chi connectivity index (χ0n) is 4.24. The van der Waals surface area contributed by atoms with E-state index in [0.29, 0.717) is 8.95 Å². The molecule has 1 aromatic heterocycles. The van der Waals surface area contributed by atoms with Gasteiger partial charge in [0.1, 0.15) is 0 Å². The van der Waals surface area contributed by atoms with E-state index in [9.17, 15) is 4.39 Å². The standard InChI is InChI=1S/C5H2Br2FN/c6-3-1-2-9-5(8)4(3)7/h1-2H. The summed E-state index contributed by atoms with van der Waals surface area (Å²) in [5, 5.41) is 0. The Balaban J connectivity index is 3.25. The van der Waals surface area contributed by atoms with Crippen molar-refractivity contribution in [1.82, 2.24) is 4.98 Å². The van der Waals surface area contributed by atoms with E-state index < -0.39 is 5.95 Å². The molecule has 0 radical (unpaired) electrons. The Morgan fingerprint density at radius 3 is 2.56 bits per heavy atom. The lowest BCUT2D eigenvalue weighted by Gasteiger charge is -1.92. The van der Waals surface area contributed by atoms with Crippen molar-refractivity contribution in [2.24, 2.45) is 0 Å². The maximum absolute atomic E-state index is 12.4. The van der Waals surface area contributed by atoms with Gasteiger partial charge >= 0.3 is 0 Å². The van der Waals surface area contributed by atoms with Crippen LogP contribution < -0.4 is 0 Å². The van der Waals surface area contributed by atoms with Gasteiger partial charge in [-0.15, -0.1) is 0 Å². The molecule has 0 N–H and O–H groups in total. The lowest BCUT2D eigenvalue weighted by Crippen LogP contribution is -1.82. The molecule has 1 heterocycles. The summed E-state index contributed by atoms with van der Waals surface area (Å²) in [5.74, 6) is -0.496. The van der Waals surface area contributed by atoms with Crippen LogP contribution >= 0.6 is 31.9 Å². The summed E-state index contributed by atoms with van der Waals surface area (Å²) >= 11 is 6.11. The second kappa shape index (κ2) is 2.75. The van der Waals surface area contributed by atoms with Crippen molar-refractivity contribution in [2.45, 2.75) is 0 Å². The summed E-state index contributed by atoms with van der Waals surface area (Å²) in [4.78, 5) is 3.40. The van der Waals surface area contributed by atoms with Crippen LogP contribution in [0.3, 0.4) is 0 Å². The van der Waals surface area contributed by atoms with Crippen LogP contribution in [0, 0.1) is 5.95 Å². The topological polar surface area (TPSA) is 12.9 Å². The van der Waals surface area contributed by atoms with Gasteiger partial charge in [0.25, 0.3) is 0 Å². The first kappa shape index (κ1) is 7.15. The van der Waals surface area contributed by atoms with E-state index in [1.54, 1.807) is 6.07 Å². The van der Waals surface area contributed by atoms with E-state index >= 15 is 0 Å². The predicted octanol–water partition coefficient (Wildman–Crippen LogP) is 2.75. The monoisotopic (exact) mass is 253 g/mol. The molecule has 0 saturated carbocycles. The van der Waals surface area contributed by atoms with Crippen LogP contribution in [0.4, 0.5) is 4.39 Å². The van der Waals surface area contributed by atoms with Gasteiger partial charge in [0.05, 0.1) is 4.47 Å². The van der Waals surface area contributed by atoms with Gasteiger partial charge in [0, 0.05) is 10.7 Å². The Bertz CT molecular complexity index is 206. The second-order valence-electron chi connectivity index (χ2n) is 1.40. The highest BCUT2D eigenvalue weighted by Gasteiger charge is 2.01. The third-order valence-corrected chi connectivity index (χ3v) is 2.75. The number of pyridine rings is 1. The minimum absolute atomic E-state index is 0.366. The first-order valence-electron chi connectivity index (χ1n) is 2.17. The molecule has 0 atom stereocenters. The molecule has 48 valence electrons. The average Bonchev–Trinajstić information content (AvgIpc) is 1.83. The fourth-order valence-corrected chi connectivity index (χ4v) is 0.913. The van der Waals surface area contributed by atoms with Crippen LogP contribution in [0.5, 0.6) is 0 Å². The minimum atomic E-state index is -0.496. The smallest absolute Gasteiger partial charge is 0.227 e. The number of hydrogen-bond acceptors (Lipinski definition) is 1. The number of halogens is 3. The summed E-state index contributed by atoms with van der Waals surface area (Å²) in [5.41, 5.74) is 0. The van der Waals surface area contributed by atoms with Gasteiger partial charge < -0.3 is 0 Å². The van der Waals surface area contributed by atoms with Crippen LogP contribution in [0.15, 0.2) is 21.2 Å². The van der Waals surface area contributed by atoms with E-state index in [1.165, 1.54) is 6.20 Å². The summed E-state index contributed by atoms with van der Waals surface area (Å²) < 4.78 is 13.4. The zero-order chi connectivity index (χ0) is 6.85. The molecule has 4 heteroatoms. The van der Waals surface area contributed by atoms with Crippen molar-refractivity contribution in [3.8, 4) is 0 Å². The Hall–Kier alpha value is 0.0400. The van der Waals surface area contributed by atoms with Gasteiger partial charge in [0.15, 0.2) is 0 Å². The molecule has 0 saturated heterocycles. The van der Waals surface area contributed by atoms with Gasteiger partial charge in [-0.25, -0.2) is 4.98 Å². The molecule has 1 rings (SSSR count). The molecule has 9 heavy (non-hydrogen) atoms. The van der Waals surface area contributed by atoms with Crippen molar-refractivity contribution in [2.75, 3.05) is 0 Å². The maximum Gasteiger partial charge on any atom is 0.228 e. The molecule has 1 aromatic rings. The molecule has 1 nitrogen and oxygen atoms in total. The highest BCUT2D eigenvalue weighted by molar-refractivity contribution is 9.13. The lowest BCUT2D eigenvalue weighted by molar-refractivity contribution is 0.575. The van der Waals surface area contributed by atoms with Crippen LogP contribution in [0.2, 0.25) is 0 Å². The van der Waals surface area contributed by atoms with Crippen molar-refractivity contribution in [3.63, 3.8) is 0 Å². The first-order chi connectivity index (χ1) is 4.22. The maximum atomic E-state index is 12.4. The number of hydrogen-bond donors (Lipinski definition) is 0. The molecule has 0 amide bonds. The van der Waals surface area contributed by atoms with Crippen molar-refractivity contribution in [1.29, 1.82) is 0 Å². The molecular weight excluding hydrogens is 253 g/mol. The van der Waals surface area contributed by atoms with E-state index in [4.69, 9.17) is 0 Å². The molecule has 0 fully saturated rings. The number of aromatic nitrogens is 1. The molecule has 0 unspecified atom stereocenters. The predicted molar refractivity (Wildman–Crippen MR) is 39.6 cm³/mol. The summed E-state index contributed by atoms with van der Waals surface area (Å²) in [6.45, 7) is 0. The number of nitrogens with zero attached hydrogens (tertiary/aromatic N) is 1. The Labute approximate surface area is 68.6 Å². The molecule has 0 spiro atoms. The second-order valence-corrected chi connectivity index (χ2v) is 3.04. The summed E-state index contributed by atoms with van der Waals surface area (Å²) in [6, 6.07) is 1.66. The minimum Gasteiger partial charge on any atom is -0.227 e. The van der Waals surface area contributed by atoms with Crippen LogP contribution in [-0.4, -0.2) is 4.98 Å². The van der Waals surface area contributed by atoms with Crippen molar-refractivity contribution >= 4 is 31.9 Å². The molecular formula is C5H2Br2FN. The Morgan fingerprint density at radius 2 is 2.11 bits per heavy atom. The Morgan fingerprint density at radius 1 is 1.44 bits per heavy atom. The zero-order valence-corrected chi connectivity index (χ0v) is 7.41. The van der Waals surface area contributed by atoms with Crippen molar-refractivity contribution in [3.05, 3.63) is 27.2 Å². The fraction of sp³-hybridized carbons (Fsp3) is 0. The molecule has 0 bridgehead atoms. The Kier molecular flexibility index (Phi) is 2.18. The quantitative estimate of drug-likeness (QED) is 0.649. The van der Waals surface area contributed by atoms with Crippen LogP contribution in [0.25, 0.3) is 0 Å². The molecule has 0 aliphatic carbocycles. The van der Waals surface area contributed by atoms with E-state index in [0.717, 1.165) is 0 Å². The lowest BCUT2D eigenvalue weighted by atomic mass is 10.5. The third kappa shape index (κ3) is 1.49. The van der Waals surface area contributed by atoms with E-state index in [1.807, 2.05) is 0 Å². The first-order valence-corrected chi connectivity index (χ1v) is 3.76. The molecule has 0 aliphatic rings. The normalized spacial score (nSPS) is 9.67. The van der Waals surface area contributed by atoms with Gasteiger partial charge in [-0.05, 0) is 37.9 Å². The van der Waals surface area contributed by atoms with Crippen LogP contribution in [0.1, 0.15) is 0 Å². The summed E-state index contributed by atoms with van der Waals surface area (Å²) in [6.07, 6.45) is 1.39. The fourth-order valence-electron chi connectivity index (χ4n) is 0.397. The third-order valence-electron chi connectivity index (χ3n) is 0.800. The van der Waals surface area contributed by atoms with Crippen molar-refractivity contribution < 1.29 is 4.39 Å².